The van der Waals surface area contributed by atoms with Crippen LogP contribution in [0.25, 0.3) is 10.9 Å². The van der Waals surface area contributed by atoms with Crippen molar-refractivity contribution in [3.8, 4) is 0 Å². The molecular weight excluding hydrogens is 370 g/mol. The number of rotatable bonds is 2. The molecule has 3 N–H and O–H groups in total. The molecule has 0 bridgehead atoms. The summed E-state index contributed by atoms with van der Waals surface area (Å²) in [6, 6.07) is 7.01. The van der Waals surface area contributed by atoms with Crippen molar-refractivity contribution >= 4 is 45.1 Å². The van der Waals surface area contributed by atoms with Gasteiger partial charge in [-0.1, -0.05) is 12.1 Å². The number of fused-ring (bicyclic) bond motifs is 1. The first kappa shape index (κ1) is 17.0. The van der Waals surface area contributed by atoms with Gasteiger partial charge in [0.1, 0.15) is 0 Å². The largest absolute Gasteiger partial charge is 0.348 e. The van der Waals surface area contributed by atoms with E-state index in [9.17, 15) is 9.59 Å². The van der Waals surface area contributed by atoms with E-state index in [-0.39, 0.29) is 29.9 Å². The van der Waals surface area contributed by atoms with Gasteiger partial charge in [0.2, 0.25) is 5.56 Å². The van der Waals surface area contributed by atoms with E-state index in [1.165, 1.54) is 6.07 Å². The SMILES string of the molecule is Cl.O=C(NC1CCCNC1)c1cc(=O)[nH]c2c(Br)cccc12. The second-order valence-corrected chi connectivity index (χ2v) is 6.08. The summed E-state index contributed by atoms with van der Waals surface area (Å²) in [6.07, 6.45) is 2.01. The van der Waals surface area contributed by atoms with E-state index in [1.807, 2.05) is 18.2 Å². The molecule has 118 valence electrons. The Labute approximate surface area is 142 Å². The van der Waals surface area contributed by atoms with E-state index in [1.54, 1.807) is 0 Å². The summed E-state index contributed by atoms with van der Waals surface area (Å²) in [5, 5.41) is 7.00. The molecule has 1 atom stereocenters. The number of piperidine rings is 1. The lowest BCUT2D eigenvalue weighted by molar-refractivity contribution is 0.0932. The number of hydrogen-bond acceptors (Lipinski definition) is 3. The van der Waals surface area contributed by atoms with Gasteiger partial charge in [-0.15, -0.1) is 12.4 Å². The van der Waals surface area contributed by atoms with E-state index < -0.39 is 0 Å². The first-order chi connectivity index (χ1) is 10.1. The van der Waals surface area contributed by atoms with Gasteiger partial charge in [0, 0.05) is 28.5 Å². The summed E-state index contributed by atoms with van der Waals surface area (Å²) in [4.78, 5) is 27.0. The average molecular weight is 387 g/mol. The van der Waals surface area contributed by atoms with Crippen LogP contribution in [0.4, 0.5) is 0 Å². The highest BCUT2D eigenvalue weighted by atomic mass is 79.9. The molecule has 2 aromatic rings. The Balaban J connectivity index is 0.00000176. The molecule has 1 fully saturated rings. The van der Waals surface area contributed by atoms with Crippen LogP contribution in [0.2, 0.25) is 0 Å². The fourth-order valence-corrected chi connectivity index (χ4v) is 3.14. The van der Waals surface area contributed by atoms with E-state index >= 15 is 0 Å². The molecule has 22 heavy (non-hydrogen) atoms. The number of pyridine rings is 1. The molecule has 1 aliphatic heterocycles. The molecule has 7 heteroatoms. The number of carbonyl (C=O) groups excluding carboxylic acids is 1. The Hall–Kier alpha value is -1.37. The van der Waals surface area contributed by atoms with Crippen molar-refractivity contribution in [2.75, 3.05) is 13.1 Å². The van der Waals surface area contributed by atoms with Crippen molar-refractivity contribution in [2.24, 2.45) is 0 Å². The minimum absolute atomic E-state index is 0. The first-order valence-electron chi connectivity index (χ1n) is 6.98. The molecule has 1 unspecified atom stereocenters. The lowest BCUT2D eigenvalue weighted by Gasteiger charge is -2.24. The van der Waals surface area contributed by atoms with Crippen molar-refractivity contribution in [3.05, 3.63) is 44.7 Å². The maximum Gasteiger partial charge on any atom is 0.252 e. The Morgan fingerprint density at radius 1 is 1.36 bits per heavy atom. The van der Waals surface area contributed by atoms with Gasteiger partial charge in [-0.25, -0.2) is 0 Å². The summed E-state index contributed by atoms with van der Waals surface area (Å²) in [5.74, 6) is -0.196. The second kappa shape index (κ2) is 7.26. The van der Waals surface area contributed by atoms with E-state index in [0.29, 0.717) is 11.1 Å². The lowest BCUT2D eigenvalue weighted by Crippen LogP contribution is -2.45. The van der Waals surface area contributed by atoms with Crippen LogP contribution in [0.5, 0.6) is 0 Å². The molecule has 2 heterocycles. The van der Waals surface area contributed by atoms with Crippen LogP contribution in [0.1, 0.15) is 23.2 Å². The summed E-state index contributed by atoms with van der Waals surface area (Å²) in [5.41, 5.74) is 0.791. The van der Waals surface area contributed by atoms with Gasteiger partial charge in [-0.2, -0.15) is 0 Å². The highest BCUT2D eigenvalue weighted by Crippen LogP contribution is 2.23. The van der Waals surface area contributed by atoms with Gasteiger partial charge >= 0.3 is 0 Å². The second-order valence-electron chi connectivity index (χ2n) is 5.23. The number of carbonyl (C=O) groups is 1. The number of aromatic nitrogens is 1. The molecule has 1 aliphatic rings. The van der Waals surface area contributed by atoms with Crippen molar-refractivity contribution in [2.45, 2.75) is 18.9 Å². The molecule has 1 saturated heterocycles. The number of amides is 1. The van der Waals surface area contributed by atoms with E-state index in [0.717, 1.165) is 35.8 Å². The predicted octanol–water partition coefficient (Wildman–Crippen LogP) is 2.19. The topological polar surface area (TPSA) is 74.0 Å². The quantitative estimate of drug-likeness (QED) is 0.741. The fourth-order valence-electron chi connectivity index (χ4n) is 2.67. The van der Waals surface area contributed by atoms with Crippen LogP contribution in [0, 0.1) is 0 Å². The minimum Gasteiger partial charge on any atom is -0.348 e. The highest BCUT2D eigenvalue weighted by Gasteiger charge is 2.18. The predicted molar refractivity (Wildman–Crippen MR) is 92.9 cm³/mol. The Morgan fingerprint density at radius 3 is 2.91 bits per heavy atom. The smallest absolute Gasteiger partial charge is 0.252 e. The summed E-state index contributed by atoms with van der Waals surface area (Å²) < 4.78 is 0.770. The Bertz CT molecular complexity index is 741. The molecule has 1 amide bonds. The molecule has 3 rings (SSSR count). The molecule has 0 spiro atoms. The minimum atomic E-state index is -0.277. The average Bonchev–Trinajstić information content (AvgIpc) is 2.48. The van der Waals surface area contributed by atoms with Gasteiger partial charge in [0.25, 0.3) is 5.91 Å². The zero-order valence-corrected chi connectivity index (χ0v) is 14.2. The van der Waals surface area contributed by atoms with Gasteiger partial charge in [-0.05, 0) is 41.4 Å². The maximum absolute atomic E-state index is 12.5. The van der Waals surface area contributed by atoms with Crippen LogP contribution < -0.4 is 16.2 Å². The summed E-state index contributed by atoms with van der Waals surface area (Å²) >= 11 is 3.40. The van der Waals surface area contributed by atoms with Crippen molar-refractivity contribution in [1.82, 2.24) is 15.6 Å². The number of halogens is 2. The van der Waals surface area contributed by atoms with E-state index in [2.05, 4.69) is 31.5 Å². The van der Waals surface area contributed by atoms with Gasteiger partial charge in [0.15, 0.2) is 0 Å². The Kier molecular flexibility index (Phi) is 5.61. The van der Waals surface area contributed by atoms with Crippen molar-refractivity contribution in [1.29, 1.82) is 0 Å². The molecule has 0 aliphatic carbocycles. The van der Waals surface area contributed by atoms with Gasteiger partial charge in [-0.3, -0.25) is 9.59 Å². The normalized spacial score (nSPS) is 17.8. The van der Waals surface area contributed by atoms with Crippen molar-refractivity contribution in [3.63, 3.8) is 0 Å². The molecule has 0 radical (unpaired) electrons. The molecule has 1 aromatic heterocycles. The van der Waals surface area contributed by atoms with Crippen LogP contribution >= 0.6 is 28.3 Å². The molecule has 5 nitrogen and oxygen atoms in total. The number of H-pyrrole nitrogens is 1. The number of benzene rings is 1. The third-order valence-corrected chi connectivity index (χ3v) is 4.36. The number of hydrogen-bond donors (Lipinski definition) is 3. The number of aromatic amines is 1. The summed E-state index contributed by atoms with van der Waals surface area (Å²) in [6.45, 7) is 1.77. The zero-order valence-electron chi connectivity index (χ0n) is 11.8. The molecule has 1 aromatic carbocycles. The van der Waals surface area contributed by atoms with Crippen LogP contribution in [-0.2, 0) is 0 Å². The van der Waals surface area contributed by atoms with Gasteiger partial charge < -0.3 is 15.6 Å². The Morgan fingerprint density at radius 2 is 2.18 bits per heavy atom. The highest BCUT2D eigenvalue weighted by molar-refractivity contribution is 9.10. The van der Waals surface area contributed by atoms with Crippen molar-refractivity contribution < 1.29 is 4.79 Å². The third-order valence-electron chi connectivity index (χ3n) is 3.70. The number of nitrogens with one attached hydrogen (secondary N) is 3. The zero-order chi connectivity index (χ0) is 14.8. The number of para-hydroxylation sites is 1. The monoisotopic (exact) mass is 385 g/mol. The lowest BCUT2D eigenvalue weighted by atomic mass is 10.1. The van der Waals surface area contributed by atoms with Crippen LogP contribution in [-0.4, -0.2) is 30.0 Å². The maximum atomic E-state index is 12.5. The van der Waals surface area contributed by atoms with Gasteiger partial charge in [0.05, 0.1) is 11.1 Å². The first-order valence-corrected chi connectivity index (χ1v) is 7.77. The third kappa shape index (κ3) is 3.51. The van der Waals surface area contributed by atoms with E-state index in [4.69, 9.17) is 0 Å². The standard InChI is InChI=1S/C15H16BrN3O2.ClH/c16-12-5-1-4-10-11(7-13(20)19-14(10)12)15(21)18-9-3-2-6-17-8-9;/h1,4-5,7,9,17H,2-3,6,8H2,(H,18,21)(H,19,20);1H. The molecular formula is C15H17BrClN3O2. The fraction of sp³-hybridized carbons (Fsp3) is 0.333. The molecule has 0 saturated carbocycles. The summed E-state index contributed by atoms with van der Waals surface area (Å²) in [7, 11) is 0. The van der Waals surface area contributed by atoms with Crippen LogP contribution in [0.3, 0.4) is 0 Å². The van der Waals surface area contributed by atoms with Crippen LogP contribution in [0.15, 0.2) is 33.5 Å².